The van der Waals surface area contributed by atoms with Gasteiger partial charge in [0.1, 0.15) is 30.3 Å². The van der Waals surface area contributed by atoms with Crippen LogP contribution in [-0.2, 0) is 16.2 Å². The molecule has 1 atom stereocenters. The summed E-state index contributed by atoms with van der Waals surface area (Å²) in [6, 6.07) is 13.1. The van der Waals surface area contributed by atoms with Gasteiger partial charge in [0.2, 0.25) is 5.91 Å². The monoisotopic (exact) mass is 580 g/mol. The summed E-state index contributed by atoms with van der Waals surface area (Å²) >= 11 is 0. The molecule has 3 aromatic rings. The fourth-order valence-corrected chi connectivity index (χ4v) is 6.35. The molecule has 9 heteroatoms. The number of methoxy groups -OCH3 is 1. The summed E-state index contributed by atoms with van der Waals surface area (Å²) in [6.07, 6.45) is 3.05. The Balaban J connectivity index is 1.58. The van der Waals surface area contributed by atoms with E-state index in [1.54, 1.807) is 6.07 Å². The molecular weight excluding hydrogens is 545 g/mol. The van der Waals surface area contributed by atoms with E-state index in [4.69, 9.17) is 9.47 Å². The summed E-state index contributed by atoms with van der Waals surface area (Å²) in [5.74, 6) is -2.56. The first-order chi connectivity index (χ1) is 20.3. The van der Waals surface area contributed by atoms with E-state index in [0.717, 1.165) is 24.0 Å². The van der Waals surface area contributed by atoms with Crippen LogP contribution in [0.2, 0.25) is 0 Å². The maximum atomic E-state index is 15.8. The summed E-state index contributed by atoms with van der Waals surface area (Å²) in [6.45, 7) is 4.80. The Morgan fingerprint density at radius 2 is 1.64 bits per heavy atom. The smallest absolute Gasteiger partial charge is 0.236 e. The van der Waals surface area contributed by atoms with E-state index in [-0.39, 0.29) is 29.9 Å². The summed E-state index contributed by atoms with van der Waals surface area (Å²) in [4.78, 5) is 28.3. The number of amides is 1. The lowest BCUT2D eigenvalue weighted by atomic mass is 9.64. The van der Waals surface area contributed by atoms with Crippen molar-refractivity contribution in [1.82, 2.24) is 0 Å². The van der Waals surface area contributed by atoms with Gasteiger partial charge in [0, 0.05) is 42.8 Å². The topological polar surface area (TPSA) is 59.1 Å². The minimum atomic E-state index is -0.941. The maximum Gasteiger partial charge on any atom is 0.236 e. The maximum absolute atomic E-state index is 15.8. The molecule has 5 rings (SSSR count). The second kappa shape index (κ2) is 12.1. The normalized spacial score (nSPS) is 18.5. The second-order valence-electron chi connectivity index (χ2n) is 11.0. The number of nitrogens with zero attached hydrogens (tertiary/aromatic N) is 2. The number of aldehydes is 1. The zero-order valence-electron chi connectivity index (χ0n) is 24.0. The molecule has 0 radical (unpaired) electrons. The van der Waals surface area contributed by atoms with Gasteiger partial charge in [-0.3, -0.25) is 9.69 Å². The molecule has 0 saturated carbocycles. The van der Waals surface area contributed by atoms with Gasteiger partial charge in [-0.25, -0.2) is 13.2 Å². The summed E-state index contributed by atoms with van der Waals surface area (Å²) in [7, 11) is 1.47. The highest BCUT2D eigenvalue weighted by Gasteiger charge is 2.61. The fourth-order valence-electron chi connectivity index (χ4n) is 6.35. The highest BCUT2D eigenvalue weighted by molar-refractivity contribution is 6.07. The molecule has 0 aliphatic carbocycles. The Morgan fingerprint density at radius 3 is 2.26 bits per heavy atom. The van der Waals surface area contributed by atoms with Crippen molar-refractivity contribution in [3.8, 4) is 11.5 Å². The number of anilines is 2. The number of ether oxygens (including phenoxy) is 2. The van der Waals surface area contributed by atoms with Crippen molar-refractivity contribution in [2.45, 2.75) is 52.2 Å². The average molecular weight is 581 g/mol. The first-order valence-electron chi connectivity index (χ1n) is 14.3. The van der Waals surface area contributed by atoms with Crippen LogP contribution in [0, 0.1) is 28.8 Å². The molecule has 1 amide bonds. The zero-order chi connectivity index (χ0) is 30.0. The van der Waals surface area contributed by atoms with Crippen LogP contribution in [0.25, 0.3) is 0 Å². The number of carbonyl (C=O) groups excluding carboxylic acids is 2. The number of hydrogen-bond acceptors (Lipinski definition) is 5. The third-order valence-electron chi connectivity index (χ3n) is 8.83. The third kappa shape index (κ3) is 5.10. The SMILES string of the molecule is CCC1(CC)C(=O)N(c2cc(F)cc(F)c2OCc2ccccc2)[C@H]1c1cc(F)c(N2CCC(C=O)CC2)cc1OC. The quantitative estimate of drug-likeness (QED) is 0.191. The number of halogens is 3. The van der Waals surface area contributed by atoms with Crippen LogP contribution >= 0.6 is 0 Å². The van der Waals surface area contributed by atoms with Gasteiger partial charge in [-0.1, -0.05) is 44.2 Å². The second-order valence-corrected chi connectivity index (χ2v) is 11.0. The molecule has 2 aliphatic rings. The number of β-lactam (4-membered cyclic amide) rings is 1. The van der Waals surface area contributed by atoms with Gasteiger partial charge in [-0.05, 0) is 37.3 Å². The number of rotatable bonds is 10. The van der Waals surface area contributed by atoms with E-state index in [9.17, 15) is 14.0 Å². The average Bonchev–Trinajstić information content (AvgIpc) is 3.00. The number of hydrogen-bond donors (Lipinski definition) is 0. The molecule has 0 unspecified atom stereocenters. The Bertz CT molecular complexity index is 1450. The number of piperidine rings is 1. The largest absolute Gasteiger partial charge is 0.496 e. The molecule has 2 heterocycles. The van der Waals surface area contributed by atoms with E-state index < -0.39 is 28.9 Å². The van der Waals surface area contributed by atoms with E-state index in [2.05, 4.69) is 0 Å². The Morgan fingerprint density at radius 1 is 0.952 bits per heavy atom. The van der Waals surface area contributed by atoms with Gasteiger partial charge in [-0.15, -0.1) is 0 Å². The van der Waals surface area contributed by atoms with Crippen molar-refractivity contribution in [1.29, 1.82) is 0 Å². The summed E-state index contributed by atoms with van der Waals surface area (Å²) in [5.41, 5.74) is 0.524. The Labute approximate surface area is 244 Å². The summed E-state index contributed by atoms with van der Waals surface area (Å²) in [5, 5.41) is 0. The Kier molecular flexibility index (Phi) is 8.48. The first-order valence-corrected chi connectivity index (χ1v) is 14.3. The standard InChI is InChI=1S/C33H35F3N2O4/c1-4-33(5-2)31(24-17-25(35)27(18-29(24)41-3)37-13-11-21(19-39)12-14-37)38(32(33)40)28-16-23(34)15-26(36)30(28)42-20-22-9-7-6-8-10-22/h6-10,15-19,21,31H,4-5,11-14,20H2,1-3H3/t31-/m0/s1. The number of carbonyl (C=O) groups is 2. The minimum Gasteiger partial charge on any atom is -0.496 e. The highest BCUT2D eigenvalue weighted by Crippen LogP contribution is 2.59. The summed E-state index contributed by atoms with van der Waals surface area (Å²) < 4.78 is 57.4. The van der Waals surface area contributed by atoms with Gasteiger partial charge < -0.3 is 19.2 Å². The van der Waals surface area contributed by atoms with Crippen molar-refractivity contribution < 1.29 is 32.2 Å². The van der Waals surface area contributed by atoms with Gasteiger partial charge >= 0.3 is 0 Å². The Hall–Kier alpha value is -4.01. The minimum absolute atomic E-state index is 0.00320. The molecule has 2 aliphatic heterocycles. The van der Waals surface area contributed by atoms with Crippen LogP contribution in [0.4, 0.5) is 24.5 Å². The van der Waals surface area contributed by atoms with Gasteiger partial charge in [0.15, 0.2) is 11.6 Å². The molecule has 42 heavy (non-hydrogen) atoms. The van der Waals surface area contributed by atoms with Gasteiger partial charge in [-0.2, -0.15) is 0 Å². The predicted octanol–water partition coefficient (Wildman–Crippen LogP) is 7.00. The lowest BCUT2D eigenvalue weighted by molar-refractivity contribution is -0.141. The van der Waals surface area contributed by atoms with Crippen molar-refractivity contribution >= 4 is 23.6 Å². The van der Waals surface area contributed by atoms with E-state index in [0.29, 0.717) is 55.8 Å². The molecule has 0 N–H and O–H groups in total. The lowest BCUT2D eigenvalue weighted by Gasteiger charge is -2.56. The highest BCUT2D eigenvalue weighted by atomic mass is 19.1. The van der Waals surface area contributed by atoms with Crippen LogP contribution in [-0.4, -0.2) is 32.4 Å². The first kappa shape index (κ1) is 29.5. The van der Waals surface area contributed by atoms with Crippen LogP contribution < -0.4 is 19.3 Å². The van der Waals surface area contributed by atoms with Crippen LogP contribution in [0.15, 0.2) is 54.6 Å². The third-order valence-corrected chi connectivity index (χ3v) is 8.83. The molecule has 0 bridgehead atoms. The molecule has 0 spiro atoms. The van der Waals surface area contributed by atoms with Gasteiger partial charge in [0.05, 0.1) is 29.9 Å². The predicted molar refractivity (Wildman–Crippen MR) is 154 cm³/mol. The molecular formula is C33H35F3N2O4. The molecule has 2 saturated heterocycles. The van der Waals surface area contributed by atoms with Gasteiger partial charge in [0.25, 0.3) is 0 Å². The molecule has 0 aromatic heterocycles. The van der Waals surface area contributed by atoms with Crippen LogP contribution in [0.1, 0.15) is 56.7 Å². The molecule has 222 valence electrons. The van der Waals surface area contributed by atoms with Crippen molar-refractivity contribution in [2.24, 2.45) is 11.3 Å². The molecule has 3 aromatic carbocycles. The van der Waals surface area contributed by atoms with E-state index in [1.165, 1.54) is 18.1 Å². The zero-order valence-corrected chi connectivity index (χ0v) is 24.0. The van der Waals surface area contributed by atoms with Crippen molar-refractivity contribution in [3.63, 3.8) is 0 Å². The van der Waals surface area contributed by atoms with Crippen molar-refractivity contribution in [2.75, 3.05) is 30.0 Å². The lowest BCUT2D eigenvalue weighted by Crippen LogP contribution is -2.63. The molecule has 2 fully saturated rings. The van der Waals surface area contributed by atoms with E-state index >= 15 is 8.78 Å². The fraction of sp³-hybridized carbons (Fsp3) is 0.394. The molecule has 6 nitrogen and oxygen atoms in total. The number of benzene rings is 3. The van der Waals surface area contributed by atoms with Crippen LogP contribution in [0.3, 0.4) is 0 Å². The van der Waals surface area contributed by atoms with Crippen molar-refractivity contribution in [3.05, 3.63) is 83.2 Å². The van der Waals surface area contributed by atoms with Crippen LogP contribution in [0.5, 0.6) is 11.5 Å². The van der Waals surface area contributed by atoms with E-state index in [1.807, 2.05) is 49.1 Å².